The molecule has 5 aliphatic rings. The zero-order valence-electron chi connectivity index (χ0n) is 20.8. The molecule has 0 amide bonds. The van der Waals surface area contributed by atoms with Crippen LogP contribution in [0.3, 0.4) is 0 Å². The Morgan fingerprint density at radius 3 is 2.41 bits per heavy atom. The van der Waals surface area contributed by atoms with Gasteiger partial charge in [0.2, 0.25) is 0 Å². The number of fused-ring (bicyclic) bond motifs is 3. The average Bonchev–Trinajstić information content (AvgIpc) is 3.39. The predicted octanol–water partition coefficient (Wildman–Crippen LogP) is 4.63. The van der Waals surface area contributed by atoms with Crippen molar-refractivity contribution in [1.82, 2.24) is 0 Å². The number of epoxide rings is 1. The van der Waals surface area contributed by atoms with Crippen molar-refractivity contribution in [2.45, 2.75) is 110 Å². The Morgan fingerprint density at radius 1 is 1.00 bits per heavy atom. The minimum atomic E-state index is -0.645. The van der Waals surface area contributed by atoms with Crippen LogP contribution in [0.4, 0.5) is 0 Å². The molecule has 4 fully saturated rings. The number of rotatable bonds is 4. The summed E-state index contributed by atoms with van der Waals surface area (Å²) in [6, 6.07) is 0. The lowest BCUT2D eigenvalue weighted by atomic mass is 9.48. The Kier molecular flexibility index (Phi) is 5.34. The van der Waals surface area contributed by atoms with Crippen molar-refractivity contribution in [1.29, 1.82) is 0 Å². The monoisotopic (exact) mass is 444 g/mol. The SMILES string of the molecule is CC(C)[C@@H](C)/C=C/[C@@H](C)[C@H]1C[C@H](O)C2=C3[C@@H](O)[C@@H]4O[C@@]45C[C@@H](O)CC[C@]5(C)[C@H]3CC[C@@]21C. The van der Waals surface area contributed by atoms with E-state index in [4.69, 9.17) is 4.74 Å². The van der Waals surface area contributed by atoms with Crippen LogP contribution in [0.25, 0.3) is 0 Å². The van der Waals surface area contributed by atoms with Crippen LogP contribution in [0, 0.1) is 40.4 Å². The Balaban J connectivity index is 1.51. The van der Waals surface area contributed by atoms with E-state index in [-0.39, 0.29) is 34.6 Å². The maximum Gasteiger partial charge on any atom is 0.118 e. The maximum absolute atomic E-state index is 11.5. The fourth-order valence-electron chi connectivity index (χ4n) is 8.49. The highest BCUT2D eigenvalue weighted by Gasteiger charge is 2.77. The topological polar surface area (TPSA) is 73.2 Å². The van der Waals surface area contributed by atoms with Gasteiger partial charge >= 0.3 is 0 Å². The van der Waals surface area contributed by atoms with E-state index in [2.05, 4.69) is 53.7 Å². The first-order valence-electron chi connectivity index (χ1n) is 13.1. The first-order valence-corrected chi connectivity index (χ1v) is 13.1. The van der Waals surface area contributed by atoms with E-state index in [1.54, 1.807) is 0 Å². The van der Waals surface area contributed by atoms with E-state index < -0.39 is 12.2 Å². The fraction of sp³-hybridized carbons (Fsp3) is 0.857. The summed E-state index contributed by atoms with van der Waals surface area (Å²) in [5.41, 5.74) is 1.74. The molecule has 4 nitrogen and oxygen atoms in total. The van der Waals surface area contributed by atoms with E-state index in [0.717, 1.165) is 43.3 Å². The molecule has 4 aliphatic carbocycles. The van der Waals surface area contributed by atoms with Gasteiger partial charge in [-0.3, -0.25) is 0 Å². The van der Waals surface area contributed by atoms with Gasteiger partial charge in [0.1, 0.15) is 17.8 Å². The standard InChI is InChI=1S/C28H44O4/c1-15(2)16(3)7-8-17(4)20-13-21(30)23-22-19(10-11-26(20,23)5)27(6)12-9-18(29)14-28(27)25(32-28)24(22)31/h7-8,15-21,24-25,29-31H,9-14H2,1-6H3/b8-7+/t16-,17+,18-,19-,20+,21-,24+,25-,26+,27+,28-/m0/s1. The second-order valence-corrected chi connectivity index (χ2v) is 12.8. The van der Waals surface area contributed by atoms with E-state index in [1.165, 1.54) is 0 Å². The van der Waals surface area contributed by atoms with Crippen LogP contribution in [0.5, 0.6) is 0 Å². The molecule has 1 aliphatic heterocycles. The summed E-state index contributed by atoms with van der Waals surface area (Å²) in [5.74, 6) is 2.20. The second kappa shape index (κ2) is 7.41. The van der Waals surface area contributed by atoms with Crippen molar-refractivity contribution in [2.24, 2.45) is 40.4 Å². The number of aliphatic hydroxyl groups is 3. The first kappa shape index (κ1) is 23.1. The van der Waals surface area contributed by atoms with Crippen LogP contribution < -0.4 is 0 Å². The summed E-state index contributed by atoms with van der Waals surface area (Å²) in [7, 11) is 0. The zero-order valence-corrected chi connectivity index (χ0v) is 20.8. The molecule has 0 unspecified atom stereocenters. The highest BCUT2D eigenvalue weighted by molar-refractivity contribution is 5.45. The second-order valence-electron chi connectivity index (χ2n) is 12.8. The van der Waals surface area contributed by atoms with Gasteiger partial charge in [-0.2, -0.15) is 0 Å². The summed E-state index contributed by atoms with van der Waals surface area (Å²) < 4.78 is 6.29. The first-order chi connectivity index (χ1) is 15.0. The highest BCUT2D eigenvalue weighted by atomic mass is 16.6. The molecule has 0 aromatic carbocycles. The van der Waals surface area contributed by atoms with Crippen LogP contribution in [0.15, 0.2) is 23.3 Å². The number of allylic oxidation sites excluding steroid dienone is 2. The van der Waals surface area contributed by atoms with Crippen LogP contribution in [0.1, 0.15) is 80.1 Å². The molecule has 0 radical (unpaired) electrons. The molecule has 32 heavy (non-hydrogen) atoms. The van der Waals surface area contributed by atoms with Gasteiger partial charge < -0.3 is 20.1 Å². The number of aliphatic hydroxyl groups excluding tert-OH is 3. The van der Waals surface area contributed by atoms with Gasteiger partial charge in [-0.05, 0) is 78.3 Å². The minimum Gasteiger partial charge on any atom is -0.393 e. The van der Waals surface area contributed by atoms with Crippen LogP contribution in [0.2, 0.25) is 0 Å². The van der Waals surface area contributed by atoms with Crippen LogP contribution in [-0.4, -0.2) is 45.3 Å². The van der Waals surface area contributed by atoms with Gasteiger partial charge in [-0.25, -0.2) is 0 Å². The zero-order chi connectivity index (χ0) is 23.2. The number of ether oxygens (including phenoxy) is 1. The van der Waals surface area contributed by atoms with E-state index in [9.17, 15) is 15.3 Å². The predicted molar refractivity (Wildman–Crippen MR) is 126 cm³/mol. The fourth-order valence-corrected chi connectivity index (χ4v) is 8.49. The Hall–Kier alpha value is -0.680. The van der Waals surface area contributed by atoms with Crippen molar-refractivity contribution >= 4 is 0 Å². The third kappa shape index (κ3) is 2.95. The molecule has 1 heterocycles. The van der Waals surface area contributed by atoms with Crippen molar-refractivity contribution < 1.29 is 20.1 Å². The summed E-state index contributed by atoms with van der Waals surface area (Å²) >= 11 is 0. The molecule has 180 valence electrons. The third-order valence-electron chi connectivity index (χ3n) is 10.9. The van der Waals surface area contributed by atoms with Crippen molar-refractivity contribution in [2.75, 3.05) is 0 Å². The molecular formula is C28H44O4. The van der Waals surface area contributed by atoms with Gasteiger partial charge in [0, 0.05) is 11.8 Å². The van der Waals surface area contributed by atoms with Gasteiger partial charge in [-0.15, -0.1) is 0 Å². The summed E-state index contributed by atoms with van der Waals surface area (Å²) in [6.45, 7) is 13.8. The lowest BCUT2D eigenvalue weighted by molar-refractivity contribution is -0.0518. The molecular weight excluding hydrogens is 400 g/mol. The molecule has 1 saturated heterocycles. The largest absolute Gasteiger partial charge is 0.393 e. The van der Waals surface area contributed by atoms with E-state index in [1.807, 2.05) is 0 Å². The highest BCUT2D eigenvalue weighted by Crippen LogP contribution is 2.72. The summed E-state index contributed by atoms with van der Waals surface area (Å²) in [6.07, 6.45) is 8.33. The maximum atomic E-state index is 11.5. The molecule has 0 aromatic rings. The molecule has 4 heteroatoms. The van der Waals surface area contributed by atoms with Crippen molar-refractivity contribution in [3.8, 4) is 0 Å². The molecule has 11 atom stereocenters. The molecule has 0 aromatic heterocycles. The van der Waals surface area contributed by atoms with Gasteiger partial charge in [0.05, 0.1) is 12.2 Å². The molecule has 3 N–H and O–H groups in total. The summed E-state index contributed by atoms with van der Waals surface area (Å²) in [4.78, 5) is 0. The van der Waals surface area contributed by atoms with Gasteiger partial charge in [0.25, 0.3) is 0 Å². The average molecular weight is 445 g/mol. The Labute approximate surface area is 194 Å². The Morgan fingerprint density at radius 2 is 1.72 bits per heavy atom. The summed E-state index contributed by atoms with van der Waals surface area (Å²) in [5, 5.41) is 33.2. The normalized spacial score (nSPS) is 51.8. The van der Waals surface area contributed by atoms with E-state index >= 15 is 0 Å². The van der Waals surface area contributed by atoms with Crippen LogP contribution >= 0.6 is 0 Å². The molecule has 3 saturated carbocycles. The molecule has 0 bridgehead atoms. The Bertz CT molecular complexity index is 831. The number of hydrogen-bond donors (Lipinski definition) is 3. The lowest BCUT2D eigenvalue weighted by Crippen LogP contribution is -2.58. The molecule has 5 rings (SSSR count). The van der Waals surface area contributed by atoms with E-state index in [0.29, 0.717) is 30.1 Å². The lowest BCUT2D eigenvalue weighted by Gasteiger charge is -2.56. The van der Waals surface area contributed by atoms with Gasteiger partial charge in [0.15, 0.2) is 0 Å². The van der Waals surface area contributed by atoms with Crippen molar-refractivity contribution in [3.63, 3.8) is 0 Å². The molecule has 1 spiro atoms. The number of hydrogen-bond acceptors (Lipinski definition) is 4. The quantitative estimate of drug-likeness (QED) is 0.437. The van der Waals surface area contributed by atoms with Crippen molar-refractivity contribution in [3.05, 3.63) is 23.3 Å². The van der Waals surface area contributed by atoms with Crippen LogP contribution in [-0.2, 0) is 4.74 Å². The minimum absolute atomic E-state index is 0.0597. The third-order valence-corrected chi connectivity index (χ3v) is 10.9. The van der Waals surface area contributed by atoms with Gasteiger partial charge in [-0.1, -0.05) is 53.7 Å². The smallest absolute Gasteiger partial charge is 0.118 e.